The molecular formula is C16H30O3. The summed E-state index contributed by atoms with van der Waals surface area (Å²) in [4.78, 5) is 0. The Kier molecular flexibility index (Phi) is 9.14. The number of aliphatic hydroxyl groups excluding tert-OH is 1. The molecule has 1 atom stereocenters. The Balaban J connectivity index is 2.22. The number of aliphatic hydroxyl groups is 1. The standard InChI is InChI=1S/C16H30O3/c1-18-16(19-2)13-9-5-7-11-14-10-6-3-4-8-12-15(14)17/h11,15-17H,3-10,12-13H2,1-2H3/b14-11-. The molecule has 1 aliphatic rings. The van der Waals surface area contributed by atoms with Gasteiger partial charge < -0.3 is 14.6 Å². The first-order chi connectivity index (χ1) is 9.27. The lowest BCUT2D eigenvalue weighted by molar-refractivity contribution is -0.107. The molecule has 112 valence electrons. The number of hydrogen-bond acceptors (Lipinski definition) is 3. The number of unbranched alkanes of at least 4 members (excludes halogenated alkanes) is 2. The molecule has 3 heteroatoms. The van der Waals surface area contributed by atoms with Gasteiger partial charge in [-0.25, -0.2) is 0 Å². The summed E-state index contributed by atoms with van der Waals surface area (Å²) >= 11 is 0. The SMILES string of the molecule is COC(CCCC/C=C1/CCCCCCC1O)OC. The molecule has 1 N–H and O–H groups in total. The maximum Gasteiger partial charge on any atom is 0.156 e. The van der Waals surface area contributed by atoms with Crippen LogP contribution in [0.4, 0.5) is 0 Å². The molecule has 0 aromatic carbocycles. The van der Waals surface area contributed by atoms with Crippen LogP contribution in [0.25, 0.3) is 0 Å². The van der Waals surface area contributed by atoms with E-state index in [0.29, 0.717) is 0 Å². The van der Waals surface area contributed by atoms with E-state index in [9.17, 15) is 5.11 Å². The smallest absolute Gasteiger partial charge is 0.156 e. The molecule has 3 nitrogen and oxygen atoms in total. The van der Waals surface area contributed by atoms with E-state index in [1.54, 1.807) is 14.2 Å². The Morgan fingerprint density at radius 3 is 2.63 bits per heavy atom. The van der Waals surface area contributed by atoms with E-state index in [2.05, 4.69) is 6.08 Å². The van der Waals surface area contributed by atoms with E-state index in [1.807, 2.05) is 0 Å². The lowest BCUT2D eigenvalue weighted by Gasteiger charge is -2.18. The van der Waals surface area contributed by atoms with Gasteiger partial charge in [-0.15, -0.1) is 0 Å². The molecule has 1 fully saturated rings. The van der Waals surface area contributed by atoms with Gasteiger partial charge >= 0.3 is 0 Å². The molecular weight excluding hydrogens is 240 g/mol. The molecule has 1 aliphatic carbocycles. The van der Waals surface area contributed by atoms with E-state index >= 15 is 0 Å². The Hall–Kier alpha value is -0.380. The van der Waals surface area contributed by atoms with Crippen molar-refractivity contribution < 1.29 is 14.6 Å². The normalized spacial score (nSPS) is 23.6. The lowest BCUT2D eigenvalue weighted by Crippen LogP contribution is -2.13. The van der Waals surface area contributed by atoms with Gasteiger partial charge in [-0.1, -0.05) is 25.3 Å². The molecule has 0 radical (unpaired) electrons. The van der Waals surface area contributed by atoms with Crippen molar-refractivity contribution in [1.82, 2.24) is 0 Å². The first-order valence-electron chi connectivity index (χ1n) is 7.70. The summed E-state index contributed by atoms with van der Waals surface area (Å²) in [5.74, 6) is 0. The fourth-order valence-corrected chi connectivity index (χ4v) is 2.69. The minimum atomic E-state index is -0.189. The predicted molar refractivity (Wildman–Crippen MR) is 78.1 cm³/mol. The van der Waals surface area contributed by atoms with E-state index in [4.69, 9.17) is 9.47 Å². The molecule has 0 aromatic rings. The minimum Gasteiger partial charge on any atom is -0.389 e. The summed E-state index contributed by atoms with van der Waals surface area (Å²) < 4.78 is 10.3. The van der Waals surface area contributed by atoms with Gasteiger partial charge in [-0.3, -0.25) is 0 Å². The van der Waals surface area contributed by atoms with Gasteiger partial charge in [0.2, 0.25) is 0 Å². The zero-order valence-corrected chi connectivity index (χ0v) is 12.6. The first-order valence-corrected chi connectivity index (χ1v) is 7.70. The van der Waals surface area contributed by atoms with Gasteiger partial charge in [0.25, 0.3) is 0 Å². The van der Waals surface area contributed by atoms with Gasteiger partial charge in [0, 0.05) is 14.2 Å². The summed E-state index contributed by atoms with van der Waals surface area (Å²) in [5.41, 5.74) is 1.27. The number of hydrogen-bond donors (Lipinski definition) is 1. The fourth-order valence-electron chi connectivity index (χ4n) is 2.69. The molecule has 19 heavy (non-hydrogen) atoms. The highest BCUT2D eigenvalue weighted by molar-refractivity contribution is 5.08. The zero-order chi connectivity index (χ0) is 13.9. The van der Waals surface area contributed by atoms with E-state index in [1.165, 1.54) is 31.3 Å². The van der Waals surface area contributed by atoms with Gasteiger partial charge in [-0.2, -0.15) is 0 Å². The van der Waals surface area contributed by atoms with Gasteiger partial charge in [0.15, 0.2) is 6.29 Å². The third-order valence-electron chi connectivity index (χ3n) is 3.95. The molecule has 0 spiro atoms. The number of methoxy groups -OCH3 is 2. The molecule has 0 aliphatic heterocycles. The topological polar surface area (TPSA) is 38.7 Å². The van der Waals surface area contributed by atoms with Gasteiger partial charge in [0.05, 0.1) is 6.10 Å². The van der Waals surface area contributed by atoms with Crippen LogP contribution in [0.2, 0.25) is 0 Å². The van der Waals surface area contributed by atoms with Crippen LogP contribution in [-0.2, 0) is 9.47 Å². The van der Waals surface area contributed by atoms with Crippen molar-refractivity contribution in [3.8, 4) is 0 Å². The quantitative estimate of drug-likeness (QED) is 0.434. The van der Waals surface area contributed by atoms with Gasteiger partial charge in [0.1, 0.15) is 0 Å². The summed E-state index contributed by atoms with van der Waals surface area (Å²) in [5, 5.41) is 10.1. The second-order valence-corrected chi connectivity index (χ2v) is 5.43. The Morgan fingerprint density at radius 2 is 1.89 bits per heavy atom. The van der Waals surface area contributed by atoms with Crippen LogP contribution in [0.3, 0.4) is 0 Å². The first kappa shape index (κ1) is 16.7. The predicted octanol–water partition coefficient (Wildman–Crippen LogP) is 3.81. The zero-order valence-electron chi connectivity index (χ0n) is 12.6. The molecule has 0 aromatic heterocycles. The van der Waals surface area contributed by atoms with E-state index in [-0.39, 0.29) is 12.4 Å². The highest BCUT2D eigenvalue weighted by atomic mass is 16.7. The fraction of sp³-hybridized carbons (Fsp3) is 0.875. The van der Waals surface area contributed by atoms with Crippen LogP contribution in [0, 0.1) is 0 Å². The largest absolute Gasteiger partial charge is 0.389 e. The molecule has 0 amide bonds. The van der Waals surface area contributed by atoms with Crippen LogP contribution in [0.5, 0.6) is 0 Å². The van der Waals surface area contributed by atoms with Crippen molar-refractivity contribution in [2.24, 2.45) is 0 Å². The van der Waals surface area contributed by atoms with Crippen molar-refractivity contribution in [3.63, 3.8) is 0 Å². The Bertz CT molecular complexity index is 246. The van der Waals surface area contributed by atoms with Crippen molar-refractivity contribution in [3.05, 3.63) is 11.6 Å². The molecule has 0 saturated heterocycles. The Morgan fingerprint density at radius 1 is 1.16 bits per heavy atom. The van der Waals surface area contributed by atoms with Crippen LogP contribution in [-0.4, -0.2) is 31.7 Å². The maximum absolute atomic E-state index is 10.1. The van der Waals surface area contributed by atoms with Crippen molar-refractivity contribution in [1.29, 1.82) is 0 Å². The third kappa shape index (κ3) is 7.09. The third-order valence-corrected chi connectivity index (χ3v) is 3.95. The van der Waals surface area contributed by atoms with Crippen molar-refractivity contribution >= 4 is 0 Å². The van der Waals surface area contributed by atoms with Gasteiger partial charge in [-0.05, 0) is 50.5 Å². The van der Waals surface area contributed by atoms with Crippen LogP contribution in [0.1, 0.15) is 64.2 Å². The Labute approximate surface area is 118 Å². The average molecular weight is 270 g/mol. The maximum atomic E-state index is 10.1. The average Bonchev–Trinajstić information content (AvgIpc) is 2.41. The number of allylic oxidation sites excluding steroid dienone is 1. The number of ether oxygens (including phenoxy) is 2. The highest BCUT2D eigenvalue weighted by Crippen LogP contribution is 2.23. The summed E-state index contributed by atoms with van der Waals surface area (Å²) in [6.45, 7) is 0. The summed E-state index contributed by atoms with van der Waals surface area (Å²) in [6, 6.07) is 0. The number of rotatable bonds is 7. The van der Waals surface area contributed by atoms with Crippen LogP contribution >= 0.6 is 0 Å². The lowest BCUT2D eigenvalue weighted by atomic mass is 9.93. The van der Waals surface area contributed by atoms with Crippen LogP contribution < -0.4 is 0 Å². The molecule has 1 rings (SSSR count). The van der Waals surface area contributed by atoms with E-state index in [0.717, 1.165) is 38.5 Å². The monoisotopic (exact) mass is 270 g/mol. The minimum absolute atomic E-state index is 0.0698. The van der Waals surface area contributed by atoms with Crippen molar-refractivity contribution in [2.75, 3.05) is 14.2 Å². The van der Waals surface area contributed by atoms with E-state index < -0.39 is 0 Å². The second kappa shape index (κ2) is 10.4. The molecule has 1 saturated carbocycles. The molecule has 1 unspecified atom stereocenters. The molecule has 0 heterocycles. The van der Waals surface area contributed by atoms with Crippen molar-refractivity contribution in [2.45, 2.75) is 76.6 Å². The highest BCUT2D eigenvalue weighted by Gasteiger charge is 2.12. The second-order valence-electron chi connectivity index (χ2n) is 5.43. The van der Waals surface area contributed by atoms with Crippen LogP contribution in [0.15, 0.2) is 11.6 Å². The molecule has 0 bridgehead atoms. The summed E-state index contributed by atoms with van der Waals surface area (Å²) in [6.07, 6.45) is 13.3. The summed E-state index contributed by atoms with van der Waals surface area (Å²) in [7, 11) is 3.36.